The van der Waals surface area contributed by atoms with Crippen LogP contribution in [-0.2, 0) is 76.6 Å². The Bertz CT molecular complexity index is 3170. The van der Waals surface area contributed by atoms with Gasteiger partial charge in [0.15, 0.2) is 0 Å². The lowest BCUT2D eigenvalue weighted by molar-refractivity contribution is -0.137. The summed E-state index contributed by atoms with van der Waals surface area (Å²) in [5.41, 5.74) is 3.02. The lowest BCUT2D eigenvalue weighted by Gasteiger charge is -2.35. The number of pyridine rings is 2. The minimum atomic E-state index is -1.59. The number of aliphatic hydroxyl groups is 1. The minimum absolute atomic E-state index is 0.00193. The number of carbonyl (C=O) groups excluding carboxylic acids is 7. The molecule has 0 saturated heterocycles. The van der Waals surface area contributed by atoms with Gasteiger partial charge in [0.25, 0.3) is 17.4 Å². The van der Waals surface area contributed by atoms with Gasteiger partial charge in [-0.15, -0.1) is 5.10 Å². The average Bonchev–Trinajstić information content (AvgIpc) is 4.09. The van der Waals surface area contributed by atoms with Crippen LogP contribution < -0.4 is 26.8 Å². The lowest BCUT2D eigenvalue weighted by atomic mass is 9.84. The number of likely N-dealkylation sites (N-methyl/N-ethyl adjacent to an activating group) is 1. The van der Waals surface area contributed by atoms with Crippen LogP contribution in [0.2, 0.25) is 0 Å². The first-order valence-electron chi connectivity index (χ1n) is 24.2. The summed E-state index contributed by atoms with van der Waals surface area (Å²) in [6.45, 7) is 6.49. The number of imide groups is 1. The number of rotatable bonds is 21. The van der Waals surface area contributed by atoms with Crippen molar-refractivity contribution in [2.24, 2.45) is 0 Å². The topological polar surface area (TPSA) is 269 Å². The molecule has 21 nitrogen and oxygen atoms in total. The molecule has 3 aliphatic heterocycles. The second kappa shape index (κ2) is 22.2. The summed E-state index contributed by atoms with van der Waals surface area (Å²) in [6, 6.07) is 12.5. The third-order valence-corrected chi connectivity index (χ3v) is 13.4. The molecule has 0 fully saturated rings. The number of carbonyl (C=O) groups is 7. The van der Waals surface area contributed by atoms with Crippen LogP contribution in [0.5, 0.6) is 0 Å². The summed E-state index contributed by atoms with van der Waals surface area (Å²) >= 11 is 0. The molecule has 0 saturated carbocycles. The normalized spacial score (nSPS) is 15.8. The molecule has 8 rings (SSSR count). The second-order valence-corrected chi connectivity index (χ2v) is 18.5. The Morgan fingerprint density at radius 2 is 1.66 bits per heavy atom. The van der Waals surface area contributed by atoms with Crippen molar-refractivity contribution in [3.05, 3.63) is 134 Å². The molecule has 7 amide bonds. The standard InChI is InChI=1S/C52H56FN11O10/c1-5-52(73)31(3)74-29-37-38(52)20-42-49-36(28-64(42)51(37)72)35(34-18-30(2)39(53)21-40(34)58-49)27-62-26-33(59-60-62)25-61(4)48(70)24-56-50(71)41(19-32-12-8-6-9-13-32)57-45(67)23-55-44(66)22-54-43(65)14-10-7-11-17-63-46(68)15-16-47(63)69/h6,8-9,12-13,15-16,18,20-21,26,41,73H,3,5,7,10-11,14,17,19,22-25,27-29H2,1-2,4H3,(H,54,65)(H,55,66)(H,56,71)(H,57,67)/t41-,52-/m1/s1. The third-order valence-electron chi connectivity index (χ3n) is 13.4. The monoisotopic (exact) mass is 1010 g/mol. The van der Waals surface area contributed by atoms with Gasteiger partial charge < -0.3 is 40.6 Å². The Labute approximate surface area is 423 Å². The Balaban J connectivity index is 0.854. The number of fused-ring (bicyclic) bond motifs is 5. The van der Waals surface area contributed by atoms with Gasteiger partial charge in [-0.1, -0.05) is 55.5 Å². The predicted molar refractivity (Wildman–Crippen MR) is 264 cm³/mol. The van der Waals surface area contributed by atoms with Crippen molar-refractivity contribution < 1.29 is 47.8 Å². The van der Waals surface area contributed by atoms with E-state index in [1.807, 2.05) is 0 Å². The molecule has 22 heteroatoms. The number of ether oxygens (including phenoxy) is 1. The number of halogens is 1. The van der Waals surface area contributed by atoms with Gasteiger partial charge in [-0.05, 0) is 55.0 Å². The molecule has 74 heavy (non-hydrogen) atoms. The molecule has 2 atom stereocenters. The molecule has 0 aliphatic carbocycles. The van der Waals surface area contributed by atoms with Crippen molar-refractivity contribution in [3.63, 3.8) is 0 Å². The number of amides is 7. The summed E-state index contributed by atoms with van der Waals surface area (Å²) in [5.74, 6) is -3.88. The fourth-order valence-electron chi connectivity index (χ4n) is 9.19. The molecule has 0 unspecified atom stereocenters. The maximum Gasteiger partial charge on any atom is 0.258 e. The molecule has 386 valence electrons. The molecule has 2 aromatic carbocycles. The van der Waals surface area contributed by atoms with E-state index in [0.717, 1.165) is 16.0 Å². The Morgan fingerprint density at radius 1 is 0.932 bits per heavy atom. The molecule has 5 N–H and O–H groups in total. The van der Waals surface area contributed by atoms with Gasteiger partial charge in [-0.25, -0.2) is 14.1 Å². The minimum Gasteiger partial charge on any atom is -0.490 e. The third kappa shape index (κ3) is 11.3. The number of hydrogen-bond acceptors (Lipinski definition) is 13. The van der Waals surface area contributed by atoms with E-state index in [0.29, 0.717) is 69.5 Å². The number of aryl methyl sites for hydroxylation is 1. The zero-order valence-corrected chi connectivity index (χ0v) is 41.2. The quantitative estimate of drug-likeness (QED) is 0.0508. The smallest absolute Gasteiger partial charge is 0.258 e. The highest BCUT2D eigenvalue weighted by atomic mass is 19.1. The molecule has 3 aliphatic rings. The molecule has 3 aromatic heterocycles. The van der Waals surface area contributed by atoms with Gasteiger partial charge in [-0.2, -0.15) is 0 Å². The first kappa shape index (κ1) is 51.9. The van der Waals surface area contributed by atoms with Crippen LogP contribution in [-0.4, -0.2) is 120 Å². The molecule has 5 aromatic rings. The van der Waals surface area contributed by atoms with Gasteiger partial charge in [0.05, 0.1) is 67.9 Å². The number of hydrogen-bond donors (Lipinski definition) is 5. The predicted octanol–water partition coefficient (Wildman–Crippen LogP) is 1.67. The zero-order chi connectivity index (χ0) is 52.8. The summed E-state index contributed by atoms with van der Waals surface area (Å²) in [7, 11) is 1.53. The van der Waals surface area contributed by atoms with E-state index in [1.165, 1.54) is 30.2 Å². The first-order valence-corrected chi connectivity index (χ1v) is 24.2. The maximum absolute atomic E-state index is 15.1. The summed E-state index contributed by atoms with van der Waals surface area (Å²) in [5, 5.41) is 31.0. The Hall–Kier alpha value is -8.40. The molecule has 0 bridgehead atoms. The van der Waals surface area contributed by atoms with Crippen LogP contribution >= 0.6 is 0 Å². The van der Waals surface area contributed by atoms with E-state index in [4.69, 9.17) is 9.72 Å². The highest BCUT2D eigenvalue weighted by molar-refractivity contribution is 6.12. The summed E-state index contributed by atoms with van der Waals surface area (Å²) in [6.07, 6.45) is 6.06. The van der Waals surface area contributed by atoms with Gasteiger partial charge in [-0.3, -0.25) is 43.3 Å². The number of aromatic nitrogens is 5. The van der Waals surface area contributed by atoms with Gasteiger partial charge in [0.1, 0.15) is 35.5 Å². The fourth-order valence-corrected chi connectivity index (χ4v) is 9.19. The van der Waals surface area contributed by atoms with E-state index in [2.05, 4.69) is 38.2 Å². The highest BCUT2D eigenvalue weighted by Crippen LogP contribution is 2.43. The van der Waals surface area contributed by atoms with Crippen LogP contribution in [0.3, 0.4) is 0 Å². The van der Waals surface area contributed by atoms with E-state index >= 15 is 4.39 Å². The maximum atomic E-state index is 15.1. The molecular weight excluding hydrogens is 958 g/mol. The largest absolute Gasteiger partial charge is 0.490 e. The molecule has 0 spiro atoms. The van der Waals surface area contributed by atoms with E-state index in [1.54, 1.807) is 71.8 Å². The van der Waals surface area contributed by atoms with Crippen LogP contribution in [0.15, 0.2) is 84.0 Å². The Morgan fingerprint density at radius 3 is 2.41 bits per heavy atom. The number of nitrogens with one attached hydrogen (secondary N) is 4. The van der Waals surface area contributed by atoms with Crippen molar-refractivity contribution in [2.75, 3.05) is 33.2 Å². The van der Waals surface area contributed by atoms with Crippen LogP contribution in [0.4, 0.5) is 4.39 Å². The van der Waals surface area contributed by atoms with Gasteiger partial charge in [0.2, 0.25) is 29.5 Å². The molecular formula is C52H56FN11O10. The Kier molecular flexibility index (Phi) is 15.6. The van der Waals surface area contributed by atoms with Crippen molar-refractivity contribution >= 4 is 52.3 Å². The lowest BCUT2D eigenvalue weighted by Crippen LogP contribution is -2.52. The first-order chi connectivity index (χ1) is 35.4. The highest BCUT2D eigenvalue weighted by Gasteiger charge is 2.42. The fraction of sp³-hybridized carbons (Fsp3) is 0.365. The van der Waals surface area contributed by atoms with Gasteiger partial charge in [0, 0.05) is 61.2 Å². The van der Waals surface area contributed by atoms with Crippen molar-refractivity contribution in [2.45, 2.75) is 90.3 Å². The number of nitrogens with zero attached hydrogens (tertiary/aromatic N) is 7. The molecule has 6 heterocycles. The van der Waals surface area contributed by atoms with Crippen molar-refractivity contribution in [3.8, 4) is 11.4 Å². The van der Waals surface area contributed by atoms with E-state index < -0.39 is 54.2 Å². The van der Waals surface area contributed by atoms with Crippen LogP contribution in [0.1, 0.15) is 78.1 Å². The number of benzene rings is 2. The van der Waals surface area contributed by atoms with E-state index in [-0.39, 0.29) is 87.6 Å². The van der Waals surface area contributed by atoms with Gasteiger partial charge >= 0.3 is 0 Å². The zero-order valence-electron chi connectivity index (χ0n) is 41.2. The van der Waals surface area contributed by atoms with E-state index in [9.17, 15) is 43.5 Å². The van der Waals surface area contributed by atoms with Crippen LogP contribution in [0.25, 0.3) is 22.3 Å². The molecule has 0 radical (unpaired) electrons. The van der Waals surface area contributed by atoms with Crippen LogP contribution in [0, 0.1) is 12.7 Å². The van der Waals surface area contributed by atoms with Crippen molar-refractivity contribution in [1.29, 1.82) is 0 Å². The SMILES string of the molecule is C=C1OCc2c(cc3n(c2=O)Cc2c-3nc3cc(F)c(C)cc3c2Cn2cc(CN(C)C(=O)CNC(=O)[C@@H](Cc3ccccc3)NC(=O)CNC(=O)CNC(=O)CCCCCN3C(=O)C=CC3=O)nn2)[C@@]1(O)CC. The summed E-state index contributed by atoms with van der Waals surface area (Å²) < 4.78 is 23.9. The average molecular weight is 1010 g/mol. The second-order valence-electron chi connectivity index (χ2n) is 18.5. The number of unbranched alkanes of at least 4 members (excludes halogenated alkanes) is 2. The van der Waals surface area contributed by atoms with Crippen molar-refractivity contribution in [1.82, 2.24) is 55.6 Å². The summed E-state index contributed by atoms with van der Waals surface area (Å²) in [4.78, 5) is 109.